The summed E-state index contributed by atoms with van der Waals surface area (Å²) in [4.78, 5) is 1.18. The van der Waals surface area contributed by atoms with E-state index in [9.17, 15) is 5.11 Å². The predicted octanol–water partition coefficient (Wildman–Crippen LogP) is 3.99. The number of benzene rings is 1. The van der Waals surface area contributed by atoms with Crippen molar-refractivity contribution in [2.24, 2.45) is 0 Å². The van der Waals surface area contributed by atoms with Crippen LogP contribution in [0, 0.1) is 6.92 Å². The third-order valence-corrected chi connectivity index (χ3v) is 3.86. The second-order valence-electron chi connectivity index (χ2n) is 3.81. The van der Waals surface area contributed by atoms with E-state index >= 15 is 0 Å². The van der Waals surface area contributed by atoms with Crippen molar-refractivity contribution >= 4 is 22.9 Å². The summed E-state index contributed by atoms with van der Waals surface area (Å²) >= 11 is 7.69. The quantitative estimate of drug-likeness (QED) is 0.876. The number of aliphatic hydroxyl groups is 1. The molecule has 0 fully saturated rings. The van der Waals surface area contributed by atoms with Gasteiger partial charge in [0.1, 0.15) is 0 Å². The summed E-state index contributed by atoms with van der Waals surface area (Å²) < 4.78 is 0. The molecule has 3 heteroatoms. The normalized spacial score (nSPS) is 12.7. The lowest BCUT2D eigenvalue weighted by Gasteiger charge is -2.11. The highest BCUT2D eigenvalue weighted by molar-refractivity contribution is 7.09. The molecule has 84 valence electrons. The number of rotatable bonds is 3. The Morgan fingerprint density at radius 2 is 2.19 bits per heavy atom. The average Bonchev–Trinajstić information content (AvgIpc) is 2.74. The average molecular weight is 253 g/mol. The number of aliphatic hydroxyl groups excluding tert-OH is 1. The zero-order valence-electron chi connectivity index (χ0n) is 8.98. The molecule has 0 spiro atoms. The van der Waals surface area contributed by atoms with Gasteiger partial charge in [-0.3, -0.25) is 0 Å². The summed E-state index contributed by atoms with van der Waals surface area (Å²) in [5.41, 5.74) is 1.91. The van der Waals surface area contributed by atoms with Gasteiger partial charge in [0.25, 0.3) is 0 Å². The fourth-order valence-corrected chi connectivity index (χ4v) is 2.49. The molecular formula is C13H13ClOS. The Bertz CT molecular complexity index is 465. The third-order valence-electron chi connectivity index (χ3n) is 2.56. The largest absolute Gasteiger partial charge is 0.388 e. The molecule has 0 bridgehead atoms. The highest BCUT2D eigenvalue weighted by Gasteiger charge is 2.10. The van der Waals surface area contributed by atoms with Crippen LogP contribution in [0.15, 0.2) is 35.7 Å². The van der Waals surface area contributed by atoms with Gasteiger partial charge in [0.2, 0.25) is 0 Å². The Hall–Kier alpha value is -0.830. The van der Waals surface area contributed by atoms with Crippen LogP contribution in [0.3, 0.4) is 0 Å². The summed E-state index contributed by atoms with van der Waals surface area (Å²) in [5.74, 6) is 0. The number of hydrogen-bond acceptors (Lipinski definition) is 2. The lowest BCUT2D eigenvalue weighted by molar-refractivity contribution is 0.179. The van der Waals surface area contributed by atoms with Crippen LogP contribution < -0.4 is 0 Å². The minimum Gasteiger partial charge on any atom is -0.388 e. The SMILES string of the molecule is Cc1ccc(C(O)Cc2cccs2)cc1Cl. The molecule has 1 unspecified atom stereocenters. The topological polar surface area (TPSA) is 20.2 Å². The molecule has 0 aliphatic heterocycles. The highest BCUT2D eigenvalue weighted by Crippen LogP contribution is 2.25. The van der Waals surface area contributed by atoms with E-state index in [4.69, 9.17) is 11.6 Å². The lowest BCUT2D eigenvalue weighted by atomic mass is 10.0. The molecule has 1 heterocycles. The van der Waals surface area contributed by atoms with Crippen molar-refractivity contribution < 1.29 is 5.11 Å². The van der Waals surface area contributed by atoms with E-state index in [1.165, 1.54) is 4.88 Å². The number of thiophene rings is 1. The van der Waals surface area contributed by atoms with E-state index in [0.717, 1.165) is 11.1 Å². The number of halogens is 1. The molecule has 16 heavy (non-hydrogen) atoms. The molecule has 0 saturated heterocycles. The Balaban J connectivity index is 2.14. The van der Waals surface area contributed by atoms with Gasteiger partial charge in [0.05, 0.1) is 6.10 Å². The van der Waals surface area contributed by atoms with Crippen molar-refractivity contribution in [3.05, 3.63) is 56.7 Å². The van der Waals surface area contributed by atoms with E-state index in [1.807, 2.05) is 42.6 Å². The summed E-state index contributed by atoms with van der Waals surface area (Å²) in [6, 6.07) is 9.74. The van der Waals surface area contributed by atoms with Crippen LogP contribution in [0.1, 0.15) is 22.1 Å². The molecule has 0 aliphatic rings. The second kappa shape index (κ2) is 5.00. The fourth-order valence-electron chi connectivity index (χ4n) is 1.55. The lowest BCUT2D eigenvalue weighted by Crippen LogP contribution is -2.00. The molecule has 2 aromatic rings. The molecule has 0 aliphatic carbocycles. The zero-order chi connectivity index (χ0) is 11.5. The molecule has 0 amide bonds. The van der Waals surface area contributed by atoms with Gasteiger partial charge in [0, 0.05) is 16.3 Å². The van der Waals surface area contributed by atoms with Gasteiger partial charge in [-0.05, 0) is 35.6 Å². The van der Waals surface area contributed by atoms with Crippen LogP contribution >= 0.6 is 22.9 Å². The van der Waals surface area contributed by atoms with Crippen molar-refractivity contribution in [2.45, 2.75) is 19.4 Å². The molecule has 0 saturated carbocycles. The summed E-state index contributed by atoms with van der Waals surface area (Å²) in [6.45, 7) is 1.96. The van der Waals surface area contributed by atoms with Gasteiger partial charge < -0.3 is 5.11 Å². The second-order valence-corrected chi connectivity index (χ2v) is 5.25. The first-order valence-electron chi connectivity index (χ1n) is 5.13. The van der Waals surface area contributed by atoms with Crippen LogP contribution in [0.25, 0.3) is 0 Å². The van der Waals surface area contributed by atoms with E-state index < -0.39 is 6.10 Å². The van der Waals surface area contributed by atoms with Crippen LogP contribution in [-0.4, -0.2) is 5.11 Å². The maximum absolute atomic E-state index is 10.1. The molecule has 0 radical (unpaired) electrons. The monoisotopic (exact) mass is 252 g/mol. The Morgan fingerprint density at radius 3 is 2.81 bits per heavy atom. The first-order chi connectivity index (χ1) is 7.66. The molecule has 1 aromatic heterocycles. The number of hydrogen-bond donors (Lipinski definition) is 1. The van der Waals surface area contributed by atoms with Crippen molar-refractivity contribution in [3.63, 3.8) is 0 Å². The molecule has 1 N–H and O–H groups in total. The van der Waals surface area contributed by atoms with Gasteiger partial charge in [-0.1, -0.05) is 29.8 Å². The van der Waals surface area contributed by atoms with E-state index in [1.54, 1.807) is 11.3 Å². The predicted molar refractivity (Wildman–Crippen MR) is 69.2 cm³/mol. The van der Waals surface area contributed by atoms with Crippen molar-refractivity contribution in [1.29, 1.82) is 0 Å². The van der Waals surface area contributed by atoms with Gasteiger partial charge in [-0.2, -0.15) is 0 Å². The fraction of sp³-hybridized carbons (Fsp3) is 0.231. The van der Waals surface area contributed by atoms with Gasteiger partial charge in [-0.15, -0.1) is 11.3 Å². The Kier molecular flexibility index (Phi) is 3.64. The summed E-state index contributed by atoms with van der Waals surface area (Å²) in [7, 11) is 0. The van der Waals surface area contributed by atoms with E-state index in [2.05, 4.69) is 0 Å². The first kappa shape index (κ1) is 11.6. The summed E-state index contributed by atoms with van der Waals surface area (Å²) in [6.07, 6.45) is 0.175. The third kappa shape index (κ3) is 2.64. The molecule has 2 rings (SSSR count). The summed E-state index contributed by atoms with van der Waals surface area (Å²) in [5, 5.41) is 12.8. The minimum absolute atomic E-state index is 0.475. The smallest absolute Gasteiger partial charge is 0.0838 e. The van der Waals surface area contributed by atoms with Crippen LogP contribution in [-0.2, 0) is 6.42 Å². The van der Waals surface area contributed by atoms with E-state index in [0.29, 0.717) is 11.4 Å². The highest BCUT2D eigenvalue weighted by atomic mass is 35.5. The van der Waals surface area contributed by atoms with Crippen molar-refractivity contribution in [2.75, 3.05) is 0 Å². The first-order valence-corrected chi connectivity index (χ1v) is 6.39. The molecule has 1 nitrogen and oxygen atoms in total. The molecule has 1 atom stereocenters. The van der Waals surface area contributed by atoms with Crippen molar-refractivity contribution in [1.82, 2.24) is 0 Å². The Morgan fingerprint density at radius 1 is 1.38 bits per heavy atom. The maximum atomic E-state index is 10.1. The molecule has 1 aromatic carbocycles. The maximum Gasteiger partial charge on any atom is 0.0838 e. The number of aryl methyl sites for hydroxylation is 1. The molecular weight excluding hydrogens is 240 g/mol. The minimum atomic E-state index is -0.475. The van der Waals surface area contributed by atoms with Crippen molar-refractivity contribution in [3.8, 4) is 0 Å². The van der Waals surface area contributed by atoms with E-state index in [-0.39, 0.29) is 0 Å². The standard InChI is InChI=1S/C13H13ClOS/c1-9-4-5-10(7-12(9)14)13(15)8-11-3-2-6-16-11/h2-7,13,15H,8H2,1H3. The van der Waals surface area contributed by atoms with Gasteiger partial charge in [0.15, 0.2) is 0 Å². The van der Waals surface area contributed by atoms with Crippen LogP contribution in [0.5, 0.6) is 0 Å². The van der Waals surface area contributed by atoms with Gasteiger partial charge >= 0.3 is 0 Å². The van der Waals surface area contributed by atoms with Crippen LogP contribution in [0.4, 0.5) is 0 Å². The van der Waals surface area contributed by atoms with Crippen LogP contribution in [0.2, 0.25) is 5.02 Å². The van der Waals surface area contributed by atoms with Gasteiger partial charge in [-0.25, -0.2) is 0 Å². The Labute approximate surface area is 104 Å². The zero-order valence-corrected chi connectivity index (χ0v) is 10.6.